The first-order valence-electron chi connectivity index (χ1n) is 6.96. The molecule has 0 aromatic heterocycles. The summed E-state index contributed by atoms with van der Waals surface area (Å²) >= 11 is 0. The van der Waals surface area contributed by atoms with Crippen molar-refractivity contribution in [3.8, 4) is 5.75 Å². The van der Waals surface area contributed by atoms with Crippen molar-refractivity contribution in [1.82, 2.24) is 0 Å². The zero-order chi connectivity index (χ0) is 13.1. The summed E-state index contributed by atoms with van der Waals surface area (Å²) in [5, 5.41) is 10.1. The Bertz CT molecular complexity index is 383. The summed E-state index contributed by atoms with van der Waals surface area (Å²) in [6.45, 7) is 6.65. The van der Waals surface area contributed by atoms with Gasteiger partial charge in [-0.2, -0.15) is 0 Å². The number of rotatable bonds is 4. The van der Waals surface area contributed by atoms with Gasteiger partial charge in [0.1, 0.15) is 12.4 Å². The molecule has 2 rings (SSSR count). The Labute approximate surface area is 110 Å². The Morgan fingerprint density at radius 1 is 1.17 bits per heavy atom. The van der Waals surface area contributed by atoms with E-state index in [1.165, 1.54) is 18.4 Å². The lowest BCUT2D eigenvalue weighted by Gasteiger charge is -2.20. The van der Waals surface area contributed by atoms with Crippen LogP contribution in [0.1, 0.15) is 42.4 Å². The van der Waals surface area contributed by atoms with Crippen molar-refractivity contribution in [3.63, 3.8) is 0 Å². The number of aliphatic hydroxyl groups excluding tert-OH is 1. The van der Waals surface area contributed by atoms with Gasteiger partial charge in [0.05, 0.1) is 6.10 Å². The number of aliphatic hydroxyl groups is 1. The summed E-state index contributed by atoms with van der Waals surface area (Å²) in [4.78, 5) is 0. The predicted molar refractivity (Wildman–Crippen MR) is 74.1 cm³/mol. The fourth-order valence-electron chi connectivity index (χ4n) is 3.04. The highest BCUT2D eigenvalue weighted by Crippen LogP contribution is 2.29. The van der Waals surface area contributed by atoms with Crippen LogP contribution in [0.25, 0.3) is 0 Å². The zero-order valence-electron chi connectivity index (χ0n) is 11.7. The Kier molecular flexibility index (Phi) is 4.28. The average Bonchev–Trinajstić information content (AvgIpc) is 2.80. The van der Waals surface area contributed by atoms with Crippen molar-refractivity contribution >= 4 is 0 Å². The van der Waals surface area contributed by atoms with Crippen LogP contribution in [0.5, 0.6) is 5.75 Å². The third kappa shape index (κ3) is 3.05. The molecule has 1 atom stereocenters. The lowest BCUT2D eigenvalue weighted by atomic mass is 10.0. The summed E-state index contributed by atoms with van der Waals surface area (Å²) in [6.07, 6.45) is 4.49. The highest BCUT2D eigenvalue weighted by atomic mass is 16.5. The number of ether oxygens (including phenoxy) is 1. The number of hydrogen-bond donors (Lipinski definition) is 1. The Hall–Kier alpha value is -1.02. The molecule has 0 amide bonds. The molecule has 1 aromatic rings. The molecule has 2 heteroatoms. The van der Waals surface area contributed by atoms with Crippen molar-refractivity contribution in [1.29, 1.82) is 0 Å². The van der Waals surface area contributed by atoms with Crippen molar-refractivity contribution in [2.24, 2.45) is 5.92 Å². The van der Waals surface area contributed by atoms with E-state index < -0.39 is 0 Å². The Morgan fingerprint density at radius 3 is 2.28 bits per heavy atom. The van der Waals surface area contributed by atoms with Crippen molar-refractivity contribution in [3.05, 3.63) is 28.8 Å². The first-order valence-corrected chi connectivity index (χ1v) is 6.96. The van der Waals surface area contributed by atoms with E-state index in [2.05, 4.69) is 32.9 Å². The van der Waals surface area contributed by atoms with Crippen LogP contribution in [0.15, 0.2) is 12.1 Å². The largest absolute Gasteiger partial charge is 0.490 e. The molecule has 1 aromatic carbocycles. The van der Waals surface area contributed by atoms with E-state index in [-0.39, 0.29) is 6.10 Å². The normalized spacial score (nSPS) is 18.0. The van der Waals surface area contributed by atoms with Crippen LogP contribution >= 0.6 is 0 Å². The molecule has 100 valence electrons. The second-order valence-electron chi connectivity index (χ2n) is 5.65. The predicted octanol–water partition coefficient (Wildman–Crippen LogP) is 3.54. The number of hydrogen-bond acceptors (Lipinski definition) is 2. The van der Waals surface area contributed by atoms with Gasteiger partial charge in [0.2, 0.25) is 0 Å². The summed E-state index contributed by atoms with van der Waals surface area (Å²) in [7, 11) is 0. The maximum atomic E-state index is 10.1. The van der Waals surface area contributed by atoms with E-state index in [1.54, 1.807) is 0 Å². The fraction of sp³-hybridized carbons (Fsp3) is 0.625. The first-order chi connectivity index (χ1) is 8.58. The van der Waals surface area contributed by atoms with Gasteiger partial charge in [0.15, 0.2) is 0 Å². The Morgan fingerprint density at radius 2 is 1.72 bits per heavy atom. The summed E-state index contributed by atoms with van der Waals surface area (Å²) in [6, 6.07) is 4.26. The smallest absolute Gasteiger partial charge is 0.125 e. The SMILES string of the molecule is Cc1cc(C)c(OCC(O)C2CCCC2)c(C)c1. The van der Waals surface area contributed by atoms with E-state index in [0.717, 1.165) is 29.7 Å². The Balaban J connectivity index is 1.97. The highest BCUT2D eigenvalue weighted by Gasteiger charge is 2.23. The summed E-state index contributed by atoms with van der Waals surface area (Å²) in [5.74, 6) is 1.38. The maximum absolute atomic E-state index is 10.1. The first kappa shape index (κ1) is 13.4. The number of aryl methyl sites for hydroxylation is 3. The standard InChI is InChI=1S/C16H24O2/c1-11-8-12(2)16(13(3)9-11)18-10-15(17)14-6-4-5-7-14/h8-9,14-15,17H,4-7,10H2,1-3H3. The quantitative estimate of drug-likeness (QED) is 0.883. The molecular formula is C16H24O2. The van der Waals surface area contributed by atoms with E-state index in [9.17, 15) is 5.11 Å². The van der Waals surface area contributed by atoms with Gasteiger partial charge >= 0.3 is 0 Å². The molecular weight excluding hydrogens is 224 g/mol. The summed E-state index contributed by atoms with van der Waals surface area (Å²) < 4.78 is 5.85. The monoisotopic (exact) mass is 248 g/mol. The molecule has 1 saturated carbocycles. The topological polar surface area (TPSA) is 29.5 Å². The highest BCUT2D eigenvalue weighted by molar-refractivity contribution is 5.42. The van der Waals surface area contributed by atoms with Crippen LogP contribution in [0.2, 0.25) is 0 Å². The second kappa shape index (κ2) is 5.75. The number of benzene rings is 1. The molecule has 0 bridgehead atoms. The molecule has 2 nitrogen and oxygen atoms in total. The minimum Gasteiger partial charge on any atom is -0.490 e. The van der Waals surface area contributed by atoms with Crippen molar-refractivity contribution in [2.75, 3.05) is 6.61 Å². The van der Waals surface area contributed by atoms with Gasteiger partial charge in [-0.05, 0) is 50.7 Å². The van der Waals surface area contributed by atoms with E-state index >= 15 is 0 Å². The second-order valence-corrected chi connectivity index (χ2v) is 5.65. The molecule has 0 heterocycles. The van der Waals surface area contributed by atoms with Gasteiger partial charge in [-0.25, -0.2) is 0 Å². The van der Waals surface area contributed by atoms with Crippen molar-refractivity contribution in [2.45, 2.75) is 52.6 Å². The molecule has 1 aliphatic rings. The van der Waals surface area contributed by atoms with Gasteiger partial charge in [0.25, 0.3) is 0 Å². The van der Waals surface area contributed by atoms with Gasteiger partial charge in [0, 0.05) is 0 Å². The van der Waals surface area contributed by atoms with Crippen LogP contribution in [0.3, 0.4) is 0 Å². The van der Waals surface area contributed by atoms with Gasteiger partial charge in [-0.1, -0.05) is 30.5 Å². The molecule has 0 spiro atoms. The van der Waals surface area contributed by atoms with E-state index in [4.69, 9.17) is 4.74 Å². The molecule has 1 N–H and O–H groups in total. The van der Waals surface area contributed by atoms with Crippen LogP contribution < -0.4 is 4.74 Å². The van der Waals surface area contributed by atoms with E-state index in [1.807, 2.05) is 0 Å². The fourth-order valence-corrected chi connectivity index (χ4v) is 3.04. The molecule has 0 radical (unpaired) electrons. The van der Waals surface area contributed by atoms with Gasteiger partial charge in [-0.3, -0.25) is 0 Å². The molecule has 18 heavy (non-hydrogen) atoms. The van der Waals surface area contributed by atoms with Crippen LogP contribution in [-0.2, 0) is 0 Å². The molecule has 0 saturated heterocycles. The molecule has 1 aliphatic carbocycles. The molecule has 1 fully saturated rings. The third-order valence-electron chi connectivity index (χ3n) is 3.95. The van der Waals surface area contributed by atoms with E-state index in [0.29, 0.717) is 12.5 Å². The summed E-state index contributed by atoms with van der Waals surface area (Å²) in [5.41, 5.74) is 3.57. The lowest BCUT2D eigenvalue weighted by molar-refractivity contribution is 0.0588. The van der Waals surface area contributed by atoms with Crippen LogP contribution in [-0.4, -0.2) is 17.8 Å². The lowest BCUT2D eigenvalue weighted by Crippen LogP contribution is -2.25. The van der Waals surface area contributed by atoms with Crippen molar-refractivity contribution < 1.29 is 9.84 Å². The minimum atomic E-state index is -0.312. The minimum absolute atomic E-state index is 0.312. The van der Waals surface area contributed by atoms with Crippen LogP contribution in [0.4, 0.5) is 0 Å². The van der Waals surface area contributed by atoms with Gasteiger partial charge < -0.3 is 9.84 Å². The third-order valence-corrected chi connectivity index (χ3v) is 3.95. The zero-order valence-corrected chi connectivity index (χ0v) is 11.7. The average molecular weight is 248 g/mol. The molecule has 1 unspecified atom stereocenters. The van der Waals surface area contributed by atoms with Crippen LogP contribution in [0, 0.1) is 26.7 Å². The molecule has 0 aliphatic heterocycles. The maximum Gasteiger partial charge on any atom is 0.125 e. The van der Waals surface area contributed by atoms with Gasteiger partial charge in [-0.15, -0.1) is 0 Å².